The van der Waals surface area contributed by atoms with Gasteiger partial charge in [0.1, 0.15) is 6.54 Å². The summed E-state index contributed by atoms with van der Waals surface area (Å²) < 4.78 is 51.6. The largest absolute Gasteiger partial charge is 0.378 e. The van der Waals surface area contributed by atoms with Crippen LogP contribution in [-0.4, -0.2) is 16.2 Å². The first-order valence-electron chi connectivity index (χ1n) is 5.53. The minimum Gasteiger partial charge on any atom is -0.378 e. The van der Waals surface area contributed by atoms with Gasteiger partial charge in [-0.1, -0.05) is 12.1 Å². The third kappa shape index (κ3) is 4.12. The van der Waals surface area contributed by atoms with Crippen molar-refractivity contribution in [1.82, 2.24) is 9.78 Å². The second kappa shape index (κ2) is 7.14. The predicted octanol–water partition coefficient (Wildman–Crippen LogP) is 3.46. The highest BCUT2D eigenvalue weighted by molar-refractivity contribution is 5.85. The van der Waals surface area contributed by atoms with E-state index >= 15 is 0 Å². The van der Waals surface area contributed by atoms with Crippen LogP contribution < -0.4 is 5.32 Å². The van der Waals surface area contributed by atoms with Crippen LogP contribution in [0.5, 0.6) is 0 Å². The average molecular weight is 310 g/mol. The van der Waals surface area contributed by atoms with Gasteiger partial charge in [0, 0.05) is 18.3 Å². The fourth-order valence-corrected chi connectivity index (χ4v) is 1.58. The molecule has 1 aromatic carbocycles. The quantitative estimate of drug-likeness (QED) is 0.857. The van der Waals surface area contributed by atoms with Gasteiger partial charge in [0.2, 0.25) is 0 Å². The SMILES string of the molecule is Cl.Fc1cccc(CNc2cnn(CC(F)F)c2)c1F. The van der Waals surface area contributed by atoms with Crippen molar-refractivity contribution in [3.8, 4) is 0 Å². The summed E-state index contributed by atoms with van der Waals surface area (Å²) in [7, 11) is 0. The number of anilines is 1. The molecule has 1 aromatic heterocycles. The van der Waals surface area contributed by atoms with E-state index in [4.69, 9.17) is 0 Å². The Morgan fingerprint density at radius 1 is 1.25 bits per heavy atom. The summed E-state index contributed by atoms with van der Waals surface area (Å²) in [6.07, 6.45) is 0.233. The fourth-order valence-electron chi connectivity index (χ4n) is 1.58. The molecule has 0 unspecified atom stereocenters. The van der Waals surface area contributed by atoms with E-state index in [-0.39, 0.29) is 24.5 Å². The van der Waals surface area contributed by atoms with Crippen molar-refractivity contribution in [2.24, 2.45) is 0 Å². The number of hydrogen-bond acceptors (Lipinski definition) is 2. The van der Waals surface area contributed by atoms with Gasteiger partial charge in [-0.15, -0.1) is 12.4 Å². The summed E-state index contributed by atoms with van der Waals surface area (Å²) in [6, 6.07) is 3.87. The van der Waals surface area contributed by atoms with Crippen LogP contribution in [0.25, 0.3) is 0 Å². The first kappa shape index (κ1) is 16.3. The van der Waals surface area contributed by atoms with E-state index in [1.807, 2.05) is 0 Å². The van der Waals surface area contributed by atoms with Crippen molar-refractivity contribution in [3.63, 3.8) is 0 Å². The van der Waals surface area contributed by atoms with Gasteiger partial charge in [-0.2, -0.15) is 5.10 Å². The molecule has 2 aromatic rings. The van der Waals surface area contributed by atoms with Crippen molar-refractivity contribution in [2.45, 2.75) is 19.5 Å². The van der Waals surface area contributed by atoms with Crippen LogP contribution in [0, 0.1) is 11.6 Å². The monoisotopic (exact) mass is 309 g/mol. The van der Waals surface area contributed by atoms with Gasteiger partial charge in [-0.3, -0.25) is 4.68 Å². The number of alkyl halides is 2. The summed E-state index contributed by atoms with van der Waals surface area (Å²) in [4.78, 5) is 0. The third-order valence-electron chi connectivity index (χ3n) is 2.47. The number of nitrogens with one attached hydrogen (secondary N) is 1. The topological polar surface area (TPSA) is 29.9 Å². The van der Waals surface area contributed by atoms with Gasteiger partial charge in [0.15, 0.2) is 11.6 Å². The lowest BCUT2D eigenvalue weighted by Crippen LogP contribution is -2.06. The zero-order valence-corrected chi connectivity index (χ0v) is 11.0. The van der Waals surface area contributed by atoms with Crippen molar-refractivity contribution >= 4 is 18.1 Å². The Labute approximate surface area is 119 Å². The lowest BCUT2D eigenvalue weighted by atomic mass is 10.2. The maximum atomic E-state index is 13.3. The molecule has 1 N–H and O–H groups in total. The fraction of sp³-hybridized carbons (Fsp3) is 0.250. The van der Waals surface area contributed by atoms with Gasteiger partial charge in [0.05, 0.1) is 11.9 Å². The Morgan fingerprint density at radius 3 is 2.70 bits per heavy atom. The van der Waals surface area contributed by atoms with Crippen molar-refractivity contribution < 1.29 is 17.6 Å². The van der Waals surface area contributed by atoms with Crippen molar-refractivity contribution in [2.75, 3.05) is 5.32 Å². The molecule has 0 saturated heterocycles. The number of benzene rings is 1. The predicted molar refractivity (Wildman–Crippen MR) is 69.2 cm³/mol. The highest BCUT2D eigenvalue weighted by Crippen LogP contribution is 2.14. The molecule has 0 bridgehead atoms. The summed E-state index contributed by atoms with van der Waals surface area (Å²) in [6.45, 7) is -0.458. The second-order valence-corrected chi connectivity index (χ2v) is 3.91. The van der Waals surface area contributed by atoms with Crippen LogP contribution >= 0.6 is 12.4 Å². The van der Waals surface area contributed by atoms with E-state index in [2.05, 4.69) is 10.4 Å². The van der Waals surface area contributed by atoms with Gasteiger partial charge >= 0.3 is 0 Å². The lowest BCUT2D eigenvalue weighted by molar-refractivity contribution is 0.122. The summed E-state index contributed by atoms with van der Waals surface area (Å²) in [5, 5.41) is 6.50. The number of aromatic nitrogens is 2. The maximum Gasteiger partial charge on any atom is 0.257 e. The number of nitrogens with zero attached hydrogens (tertiary/aromatic N) is 2. The van der Waals surface area contributed by atoms with Gasteiger partial charge in [-0.05, 0) is 6.07 Å². The zero-order chi connectivity index (χ0) is 13.8. The zero-order valence-electron chi connectivity index (χ0n) is 10.2. The molecular formula is C12H12ClF4N3. The van der Waals surface area contributed by atoms with Gasteiger partial charge in [-0.25, -0.2) is 17.6 Å². The van der Waals surface area contributed by atoms with Crippen molar-refractivity contribution in [3.05, 3.63) is 47.8 Å². The molecule has 0 amide bonds. The second-order valence-electron chi connectivity index (χ2n) is 3.91. The molecule has 1 heterocycles. The molecule has 0 atom stereocenters. The van der Waals surface area contributed by atoms with Gasteiger partial charge in [0.25, 0.3) is 6.43 Å². The first-order chi connectivity index (χ1) is 9.06. The van der Waals surface area contributed by atoms with E-state index in [1.54, 1.807) is 0 Å². The molecule has 0 aliphatic heterocycles. The average Bonchev–Trinajstić information content (AvgIpc) is 2.78. The molecule has 0 aliphatic rings. The molecule has 2 rings (SSSR count). The molecule has 110 valence electrons. The Morgan fingerprint density at radius 2 is 2.00 bits per heavy atom. The first-order valence-corrected chi connectivity index (χ1v) is 5.53. The summed E-state index contributed by atoms with van der Waals surface area (Å²) in [5.41, 5.74) is 0.617. The van der Waals surface area contributed by atoms with E-state index < -0.39 is 24.6 Å². The standard InChI is InChI=1S/C12H11F4N3.ClH/c13-10-3-1-2-8(12(10)16)4-17-9-5-18-19(6-9)7-11(14)15;/h1-3,5-6,11,17H,4,7H2;1H. The number of hydrogen-bond donors (Lipinski definition) is 1. The summed E-state index contributed by atoms with van der Waals surface area (Å²) in [5.74, 6) is -1.84. The Hall–Kier alpha value is -1.76. The number of rotatable bonds is 5. The van der Waals surface area contributed by atoms with Gasteiger partial charge < -0.3 is 5.32 Å². The molecule has 0 saturated carbocycles. The third-order valence-corrected chi connectivity index (χ3v) is 2.47. The Balaban J connectivity index is 0.00000200. The molecule has 20 heavy (non-hydrogen) atoms. The normalized spacial score (nSPS) is 10.4. The van der Waals surface area contributed by atoms with E-state index in [0.29, 0.717) is 5.69 Å². The minimum absolute atomic E-state index is 0. The smallest absolute Gasteiger partial charge is 0.257 e. The van der Waals surface area contributed by atoms with Crippen LogP contribution in [0.2, 0.25) is 0 Å². The van der Waals surface area contributed by atoms with Crippen LogP contribution in [0.1, 0.15) is 5.56 Å². The van der Waals surface area contributed by atoms with Crippen molar-refractivity contribution in [1.29, 1.82) is 0 Å². The minimum atomic E-state index is -2.49. The van der Waals surface area contributed by atoms with Crippen LogP contribution in [-0.2, 0) is 13.1 Å². The maximum absolute atomic E-state index is 13.3. The highest BCUT2D eigenvalue weighted by atomic mass is 35.5. The lowest BCUT2D eigenvalue weighted by Gasteiger charge is -2.05. The van der Waals surface area contributed by atoms with E-state index in [9.17, 15) is 17.6 Å². The van der Waals surface area contributed by atoms with E-state index in [1.165, 1.54) is 24.5 Å². The van der Waals surface area contributed by atoms with Crippen LogP contribution in [0.4, 0.5) is 23.2 Å². The Bertz CT molecular complexity index is 559. The molecule has 0 aliphatic carbocycles. The molecule has 8 heteroatoms. The molecule has 0 fully saturated rings. The molecule has 0 spiro atoms. The van der Waals surface area contributed by atoms with Crippen LogP contribution in [0.15, 0.2) is 30.6 Å². The summed E-state index contributed by atoms with van der Waals surface area (Å²) >= 11 is 0. The highest BCUT2D eigenvalue weighted by Gasteiger charge is 2.08. The molecule has 3 nitrogen and oxygen atoms in total. The van der Waals surface area contributed by atoms with Crippen LogP contribution in [0.3, 0.4) is 0 Å². The number of halogens is 5. The Kier molecular flexibility index (Phi) is 5.82. The molecule has 0 radical (unpaired) electrons. The molecular weight excluding hydrogens is 298 g/mol. The van der Waals surface area contributed by atoms with E-state index in [0.717, 1.165) is 10.7 Å².